The van der Waals surface area contributed by atoms with E-state index in [1.54, 1.807) is 0 Å². The summed E-state index contributed by atoms with van der Waals surface area (Å²) in [5.74, 6) is 0. The maximum atomic E-state index is 5.65. The van der Waals surface area contributed by atoms with Gasteiger partial charge in [0.2, 0.25) is 0 Å². The normalized spacial score (nSPS) is 38.2. The SMILES string of the molecule is CC1OCCC1N(C)C1CCCNCC1. The summed E-state index contributed by atoms with van der Waals surface area (Å²) in [4.78, 5) is 2.57. The van der Waals surface area contributed by atoms with Crippen molar-refractivity contribution >= 4 is 0 Å². The van der Waals surface area contributed by atoms with Crippen LogP contribution in [0, 0.1) is 0 Å². The Bertz CT molecular complexity index is 190. The van der Waals surface area contributed by atoms with Crippen molar-refractivity contribution in [2.24, 2.45) is 0 Å². The molecule has 0 aliphatic carbocycles. The third-order valence-corrected chi connectivity index (χ3v) is 3.98. The van der Waals surface area contributed by atoms with E-state index in [9.17, 15) is 0 Å². The predicted molar refractivity (Wildman–Crippen MR) is 62.1 cm³/mol. The molecule has 0 aromatic rings. The highest BCUT2D eigenvalue weighted by molar-refractivity contribution is 4.85. The van der Waals surface area contributed by atoms with Gasteiger partial charge in [0.25, 0.3) is 0 Å². The van der Waals surface area contributed by atoms with Crippen molar-refractivity contribution in [1.29, 1.82) is 0 Å². The highest BCUT2D eigenvalue weighted by Crippen LogP contribution is 2.23. The molecule has 3 unspecified atom stereocenters. The molecule has 0 amide bonds. The zero-order chi connectivity index (χ0) is 10.7. The summed E-state index contributed by atoms with van der Waals surface area (Å²) in [6.45, 7) is 5.53. The highest BCUT2D eigenvalue weighted by atomic mass is 16.5. The molecule has 1 N–H and O–H groups in total. The molecule has 2 aliphatic rings. The molecule has 3 nitrogen and oxygen atoms in total. The second-order valence-corrected chi connectivity index (χ2v) is 4.93. The van der Waals surface area contributed by atoms with Crippen LogP contribution in [0.4, 0.5) is 0 Å². The molecule has 2 aliphatic heterocycles. The summed E-state index contributed by atoms with van der Waals surface area (Å²) in [5, 5.41) is 3.48. The van der Waals surface area contributed by atoms with Gasteiger partial charge in [-0.15, -0.1) is 0 Å². The first-order chi connectivity index (χ1) is 7.29. The van der Waals surface area contributed by atoms with Gasteiger partial charge in [0.05, 0.1) is 6.10 Å². The Morgan fingerprint density at radius 2 is 2.07 bits per heavy atom. The number of rotatable bonds is 2. The lowest BCUT2D eigenvalue weighted by atomic mass is 10.0. The van der Waals surface area contributed by atoms with E-state index < -0.39 is 0 Å². The van der Waals surface area contributed by atoms with Crippen molar-refractivity contribution in [1.82, 2.24) is 10.2 Å². The Labute approximate surface area is 93.2 Å². The molecule has 0 saturated carbocycles. The first-order valence-corrected chi connectivity index (χ1v) is 6.33. The van der Waals surface area contributed by atoms with Crippen LogP contribution in [0.15, 0.2) is 0 Å². The van der Waals surface area contributed by atoms with Gasteiger partial charge in [-0.25, -0.2) is 0 Å². The first kappa shape index (κ1) is 11.4. The van der Waals surface area contributed by atoms with Crippen molar-refractivity contribution in [2.75, 3.05) is 26.7 Å². The third kappa shape index (κ3) is 2.71. The summed E-state index contributed by atoms with van der Waals surface area (Å²) in [6, 6.07) is 1.40. The molecule has 2 fully saturated rings. The van der Waals surface area contributed by atoms with Gasteiger partial charge in [-0.1, -0.05) is 0 Å². The van der Waals surface area contributed by atoms with E-state index in [0.29, 0.717) is 12.1 Å². The molecule has 0 bridgehead atoms. The highest BCUT2D eigenvalue weighted by Gasteiger charge is 2.31. The van der Waals surface area contributed by atoms with Gasteiger partial charge < -0.3 is 10.1 Å². The van der Waals surface area contributed by atoms with E-state index in [2.05, 4.69) is 24.2 Å². The number of nitrogens with one attached hydrogen (secondary N) is 1. The fourth-order valence-corrected chi connectivity index (χ4v) is 2.93. The Morgan fingerprint density at radius 1 is 1.20 bits per heavy atom. The Morgan fingerprint density at radius 3 is 2.80 bits per heavy atom. The van der Waals surface area contributed by atoms with Crippen LogP contribution in [0.1, 0.15) is 32.6 Å². The molecule has 0 radical (unpaired) electrons. The zero-order valence-corrected chi connectivity index (χ0v) is 10.0. The van der Waals surface area contributed by atoms with Crippen LogP contribution >= 0.6 is 0 Å². The number of hydrogen-bond donors (Lipinski definition) is 1. The topological polar surface area (TPSA) is 24.5 Å². The van der Waals surface area contributed by atoms with Crippen LogP contribution in [0.25, 0.3) is 0 Å². The summed E-state index contributed by atoms with van der Waals surface area (Å²) >= 11 is 0. The fraction of sp³-hybridized carbons (Fsp3) is 1.00. The van der Waals surface area contributed by atoms with Gasteiger partial charge >= 0.3 is 0 Å². The summed E-state index contributed by atoms with van der Waals surface area (Å²) in [7, 11) is 2.28. The molecule has 0 aromatic carbocycles. The van der Waals surface area contributed by atoms with Crippen LogP contribution in [0.5, 0.6) is 0 Å². The molecule has 2 heterocycles. The van der Waals surface area contributed by atoms with E-state index >= 15 is 0 Å². The van der Waals surface area contributed by atoms with Crippen molar-refractivity contribution < 1.29 is 4.74 Å². The summed E-state index contributed by atoms with van der Waals surface area (Å²) in [6.07, 6.45) is 5.58. The minimum Gasteiger partial charge on any atom is -0.377 e. The molecule has 2 saturated heterocycles. The molecular formula is C12H24N2O. The molecule has 88 valence electrons. The smallest absolute Gasteiger partial charge is 0.0703 e. The predicted octanol–water partition coefficient (Wildman–Crippen LogP) is 1.24. The molecule has 0 spiro atoms. The van der Waals surface area contributed by atoms with Gasteiger partial charge in [0, 0.05) is 18.7 Å². The van der Waals surface area contributed by atoms with Gasteiger partial charge in [-0.2, -0.15) is 0 Å². The van der Waals surface area contributed by atoms with Crippen LogP contribution < -0.4 is 5.32 Å². The molecular weight excluding hydrogens is 188 g/mol. The lowest BCUT2D eigenvalue weighted by Gasteiger charge is -2.33. The Kier molecular flexibility index (Phi) is 4.00. The average Bonchev–Trinajstić information content (AvgIpc) is 2.53. The van der Waals surface area contributed by atoms with Crippen LogP contribution in [-0.4, -0.2) is 49.8 Å². The Hall–Kier alpha value is -0.120. The van der Waals surface area contributed by atoms with Crippen molar-refractivity contribution in [2.45, 2.75) is 50.8 Å². The van der Waals surface area contributed by atoms with Crippen molar-refractivity contribution in [3.05, 3.63) is 0 Å². The van der Waals surface area contributed by atoms with Gasteiger partial charge in [-0.05, 0) is 52.7 Å². The van der Waals surface area contributed by atoms with E-state index in [1.807, 2.05) is 0 Å². The molecule has 2 rings (SSSR count). The summed E-state index contributed by atoms with van der Waals surface area (Å²) in [5.41, 5.74) is 0. The number of hydrogen-bond acceptors (Lipinski definition) is 3. The molecule has 15 heavy (non-hydrogen) atoms. The largest absolute Gasteiger partial charge is 0.377 e. The van der Waals surface area contributed by atoms with Gasteiger partial charge in [0.1, 0.15) is 0 Å². The van der Waals surface area contributed by atoms with E-state index in [4.69, 9.17) is 4.74 Å². The number of likely N-dealkylation sites (N-methyl/N-ethyl adjacent to an activating group) is 1. The molecule has 3 heteroatoms. The van der Waals surface area contributed by atoms with E-state index in [1.165, 1.54) is 38.8 Å². The minimum absolute atomic E-state index is 0.422. The third-order valence-electron chi connectivity index (χ3n) is 3.98. The van der Waals surface area contributed by atoms with Crippen LogP contribution in [0.2, 0.25) is 0 Å². The minimum atomic E-state index is 0.422. The monoisotopic (exact) mass is 212 g/mol. The van der Waals surface area contributed by atoms with Gasteiger partial charge in [0.15, 0.2) is 0 Å². The maximum Gasteiger partial charge on any atom is 0.0703 e. The lowest BCUT2D eigenvalue weighted by Crippen LogP contribution is -2.44. The first-order valence-electron chi connectivity index (χ1n) is 6.33. The fourth-order valence-electron chi connectivity index (χ4n) is 2.93. The van der Waals surface area contributed by atoms with Crippen molar-refractivity contribution in [3.63, 3.8) is 0 Å². The summed E-state index contributed by atoms with van der Waals surface area (Å²) < 4.78 is 5.65. The quantitative estimate of drug-likeness (QED) is 0.745. The molecule has 3 atom stereocenters. The Balaban J connectivity index is 1.90. The van der Waals surface area contributed by atoms with Gasteiger partial charge in [-0.3, -0.25) is 4.90 Å². The number of ether oxygens (including phenoxy) is 1. The van der Waals surface area contributed by atoms with Crippen LogP contribution in [-0.2, 0) is 4.74 Å². The maximum absolute atomic E-state index is 5.65. The lowest BCUT2D eigenvalue weighted by molar-refractivity contribution is 0.0646. The second-order valence-electron chi connectivity index (χ2n) is 4.93. The zero-order valence-electron chi connectivity index (χ0n) is 10.0. The standard InChI is InChI=1S/C12H24N2O/c1-10-12(6-9-15-10)14(2)11-4-3-7-13-8-5-11/h10-13H,3-9H2,1-2H3. The average molecular weight is 212 g/mol. The van der Waals surface area contributed by atoms with E-state index in [-0.39, 0.29) is 0 Å². The van der Waals surface area contributed by atoms with Crippen molar-refractivity contribution in [3.8, 4) is 0 Å². The molecule has 0 aromatic heterocycles. The number of nitrogens with zero attached hydrogens (tertiary/aromatic N) is 1. The second kappa shape index (κ2) is 5.28. The van der Waals surface area contributed by atoms with E-state index in [0.717, 1.165) is 12.6 Å². The van der Waals surface area contributed by atoms with Crippen LogP contribution in [0.3, 0.4) is 0 Å².